The fourth-order valence-corrected chi connectivity index (χ4v) is 2.74. The van der Waals surface area contributed by atoms with Crippen LogP contribution >= 0.6 is 0 Å². The van der Waals surface area contributed by atoms with Crippen molar-refractivity contribution in [1.29, 1.82) is 0 Å². The predicted octanol–water partition coefficient (Wildman–Crippen LogP) is 1.98. The summed E-state index contributed by atoms with van der Waals surface area (Å²) in [5, 5.41) is 11.6. The van der Waals surface area contributed by atoms with Gasteiger partial charge < -0.3 is 14.7 Å². The largest absolute Gasteiger partial charge is 0.468 e. The lowest BCUT2D eigenvalue weighted by Gasteiger charge is -2.51. The van der Waals surface area contributed by atoms with E-state index in [1.165, 1.54) is 5.06 Å². The summed E-state index contributed by atoms with van der Waals surface area (Å²) in [6.45, 7) is 9.49. The molecule has 5 nitrogen and oxygen atoms in total. The Balaban J connectivity index is 2.41. The summed E-state index contributed by atoms with van der Waals surface area (Å²) >= 11 is 0. The van der Waals surface area contributed by atoms with E-state index < -0.39 is 0 Å². The van der Waals surface area contributed by atoms with Gasteiger partial charge >= 0.3 is 0 Å². The third-order valence-electron chi connectivity index (χ3n) is 3.43. The molecule has 0 spiro atoms. The van der Waals surface area contributed by atoms with Crippen LogP contribution < -0.4 is 0 Å². The first kappa shape index (κ1) is 15.4. The number of hydrogen-bond donors (Lipinski definition) is 1. The number of carbonyl (C=O) groups is 1. The highest BCUT2D eigenvalue weighted by atomic mass is 16.5. The highest BCUT2D eigenvalue weighted by Gasteiger charge is 2.45. The molecule has 1 aliphatic heterocycles. The normalized spacial score (nSPS) is 23.8. The molecule has 0 bridgehead atoms. The molecule has 0 aromatic heterocycles. The Morgan fingerprint density at radius 3 is 2.28 bits per heavy atom. The van der Waals surface area contributed by atoms with Crippen LogP contribution in [0.2, 0.25) is 0 Å². The van der Waals surface area contributed by atoms with E-state index in [1.54, 1.807) is 0 Å². The topological polar surface area (TPSA) is 59.0 Å². The predicted molar refractivity (Wildman–Crippen MR) is 67.4 cm³/mol. The monoisotopic (exact) mass is 259 g/mol. The third kappa shape index (κ3) is 3.93. The molecular formula is C13H25NO4. The molecule has 18 heavy (non-hydrogen) atoms. The molecule has 0 amide bonds. The molecule has 1 fully saturated rings. The van der Waals surface area contributed by atoms with E-state index in [4.69, 9.17) is 4.74 Å². The minimum Gasteiger partial charge on any atom is -0.468 e. The van der Waals surface area contributed by atoms with Crippen molar-refractivity contribution < 1.29 is 19.5 Å². The molecule has 0 unspecified atom stereocenters. The van der Waals surface area contributed by atoms with Crippen molar-refractivity contribution in [3.63, 3.8) is 0 Å². The molecule has 1 saturated heterocycles. The summed E-state index contributed by atoms with van der Waals surface area (Å²) in [6, 6.07) is 0. The van der Waals surface area contributed by atoms with Gasteiger partial charge in [0.05, 0.1) is 19.3 Å². The van der Waals surface area contributed by atoms with Gasteiger partial charge in [-0.1, -0.05) is 0 Å². The highest BCUT2D eigenvalue weighted by Crippen LogP contribution is 2.37. The number of piperidine rings is 1. The first-order chi connectivity index (χ1) is 8.29. The molecule has 1 aliphatic rings. The van der Waals surface area contributed by atoms with E-state index in [0.717, 1.165) is 12.8 Å². The van der Waals surface area contributed by atoms with Crippen molar-refractivity contribution in [3.05, 3.63) is 0 Å². The van der Waals surface area contributed by atoms with Crippen LogP contribution in [0.1, 0.15) is 47.0 Å². The molecule has 1 N–H and O–H groups in total. The molecular weight excluding hydrogens is 234 g/mol. The fourth-order valence-electron chi connectivity index (χ4n) is 2.74. The van der Waals surface area contributed by atoms with Gasteiger partial charge in [0.25, 0.3) is 6.47 Å². The smallest absolute Gasteiger partial charge is 0.293 e. The molecule has 1 rings (SSSR count). The average Bonchev–Trinajstić information content (AvgIpc) is 2.25. The van der Waals surface area contributed by atoms with Crippen LogP contribution in [0.4, 0.5) is 0 Å². The minimum absolute atomic E-state index is 0.134. The zero-order valence-corrected chi connectivity index (χ0v) is 11.8. The Morgan fingerprint density at radius 1 is 1.22 bits per heavy atom. The minimum atomic E-state index is -0.286. The molecule has 0 saturated carbocycles. The van der Waals surface area contributed by atoms with Crippen LogP contribution in [0.15, 0.2) is 0 Å². The first-order valence-electron chi connectivity index (χ1n) is 6.46. The number of carbonyl (C=O) groups excluding carboxylic acids is 1. The van der Waals surface area contributed by atoms with Crippen molar-refractivity contribution in [2.75, 3.05) is 13.2 Å². The summed E-state index contributed by atoms with van der Waals surface area (Å²) < 4.78 is 10.4. The molecule has 0 radical (unpaired) electrons. The summed E-state index contributed by atoms with van der Waals surface area (Å²) in [4.78, 5) is 9.98. The standard InChI is InChI=1S/C13H25NO4/c1-12(2)8-11(9-13(3,4)14(12)16)18-7-5-6-17-10-15/h10-11,16H,5-9H2,1-4H3. The number of nitrogens with zero attached hydrogens (tertiary/aromatic N) is 1. The Labute approximate surface area is 109 Å². The number of hydroxylamine groups is 2. The Bertz CT molecular complexity index is 260. The Kier molecular flexibility index (Phi) is 5.13. The van der Waals surface area contributed by atoms with Crippen LogP contribution in [-0.4, -0.2) is 47.1 Å². The summed E-state index contributed by atoms with van der Waals surface area (Å²) in [5.74, 6) is 0. The van der Waals surface area contributed by atoms with Crippen LogP contribution in [0, 0.1) is 0 Å². The van der Waals surface area contributed by atoms with Crippen molar-refractivity contribution in [3.8, 4) is 0 Å². The molecule has 1 heterocycles. The van der Waals surface area contributed by atoms with Gasteiger partial charge in [-0.25, -0.2) is 0 Å². The highest BCUT2D eigenvalue weighted by molar-refractivity contribution is 5.36. The van der Waals surface area contributed by atoms with Gasteiger partial charge in [-0.05, 0) is 40.5 Å². The van der Waals surface area contributed by atoms with E-state index in [1.807, 2.05) is 27.7 Å². The number of hydrogen-bond acceptors (Lipinski definition) is 5. The van der Waals surface area contributed by atoms with Crippen molar-refractivity contribution in [1.82, 2.24) is 5.06 Å². The second-order valence-corrected chi connectivity index (χ2v) is 6.16. The average molecular weight is 259 g/mol. The molecule has 0 aliphatic carbocycles. The Hall–Kier alpha value is -0.650. The first-order valence-corrected chi connectivity index (χ1v) is 6.46. The zero-order valence-electron chi connectivity index (χ0n) is 11.8. The number of rotatable bonds is 6. The van der Waals surface area contributed by atoms with Gasteiger partial charge in [-0.15, -0.1) is 0 Å². The molecule has 0 aromatic carbocycles. The van der Waals surface area contributed by atoms with Crippen LogP contribution in [0.5, 0.6) is 0 Å². The SMILES string of the molecule is CC1(C)CC(OCCCOC=O)CC(C)(C)N1O. The maximum absolute atomic E-state index is 10.1. The summed E-state index contributed by atoms with van der Waals surface area (Å²) in [7, 11) is 0. The molecule has 0 aromatic rings. The van der Waals surface area contributed by atoms with E-state index >= 15 is 0 Å². The van der Waals surface area contributed by atoms with Gasteiger partial charge in [0.15, 0.2) is 0 Å². The lowest BCUT2D eigenvalue weighted by atomic mass is 9.80. The van der Waals surface area contributed by atoms with Crippen molar-refractivity contribution in [2.24, 2.45) is 0 Å². The van der Waals surface area contributed by atoms with E-state index in [-0.39, 0.29) is 17.2 Å². The van der Waals surface area contributed by atoms with Crippen molar-refractivity contribution >= 4 is 6.47 Å². The van der Waals surface area contributed by atoms with E-state index in [0.29, 0.717) is 26.1 Å². The maximum Gasteiger partial charge on any atom is 0.293 e. The Morgan fingerprint density at radius 2 is 1.78 bits per heavy atom. The molecule has 0 atom stereocenters. The summed E-state index contributed by atoms with van der Waals surface area (Å²) in [6.07, 6.45) is 2.43. The van der Waals surface area contributed by atoms with Crippen LogP contribution in [0.25, 0.3) is 0 Å². The molecule has 5 heteroatoms. The lowest BCUT2D eigenvalue weighted by molar-refractivity contribution is -0.261. The zero-order chi connectivity index (χ0) is 13.8. The number of ether oxygens (including phenoxy) is 2. The fraction of sp³-hybridized carbons (Fsp3) is 0.923. The third-order valence-corrected chi connectivity index (χ3v) is 3.43. The second kappa shape index (κ2) is 5.99. The lowest BCUT2D eigenvalue weighted by Crippen LogP contribution is -2.60. The second-order valence-electron chi connectivity index (χ2n) is 6.16. The maximum atomic E-state index is 10.1. The summed E-state index contributed by atoms with van der Waals surface area (Å²) in [5.41, 5.74) is -0.572. The van der Waals surface area contributed by atoms with Gasteiger partial charge in [-0.2, -0.15) is 5.06 Å². The van der Waals surface area contributed by atoms with Gasteiger partial charge in [-0.3, -0.25) is 4.79 Å². The van der Waals surface area contributed by atoms with Gasteiger partial charge in [0.2, 0.25) is 0 Å². The van der Waals surface area contributed by atoms with Crippen LogP contribution in [0.3, 0.4) is 0 Å². The van der Waals surface area contributed by atoms with Gasteiger partial charge in [0.1, 0.15) is 0 Å². The van der Waals surface area contributed by atoms with Gasteiger partial charge in [0, 0.05) is 17.5 Å². The van der Waals surface area contributed by atoms with Crippen LogP contribution in [-0.2, 0) is 14.3 Å². The quantitative estimate of drug-likeness (QED) is 0.584. The molecule has 106 valence electrons. The van der Waals surface area contributed by atoms with E-state index in [9.17, 15) is 10.0 Å². The van der Waals surface area contributed by atoms with Crippen molar-refractivity contribution in [2.45, 2.75) is 64.1 Å². The van der Waals surface area contributed by atoms with E-state index in [2.05, 4.69) is 4.74 Å².